The zero-order valence-corrected chi connectivity index (χ0v) is 12.8. The molecule has 1 fully saturated rings. The van der Waals surface area contributed by atoms with Gasteiger partial charge in [-0.2, -0.15) is 0 Å². The van der Waals surface area contributed by atoms with Crippen LogP contribution >= 0.6 is 11.6 Å². The Hall–Kier alpha value is -0.730. The molecule has 1 aliphatic carbocycles. The van der Waals surface area contributed by atoms with Crippen molar-refractivity contribution in [3.63, 3.8) is 0 Å². The number of halogens is 1. The molecule has 0 amide bonds. The SMILES string of the molecule is CCCCCN(C)c1ccc(Cl)cc1CNC1CC1. The first-order valence-corrected chi connectivity index (χ1v) is 7.81. The normalized spacial score (nSPS) is 14.7. The molecule has 1 aromatic carbocycles. The van der Waals surface area contributed by atoms with Gasteiger partial charge in [-0.1, -0.05) is 31.4 Å². The number of anilines is 1. The molecular weight excluding hydrogens is 256 g/mol. The van der Waals surface area contributed by atoms with Gasteiger partial charge in [0.25, 0.3) is 0 Å². The van der Waals surface area contributed by atoms with E-state index in [2.05, 4.69) is 36.3 Å². The number of hydrogen-bond donors (Lipinski definition) is 1. The summed E-state index contributed by atoms with van der Waals surface area (Å²) in [4.78, 5) is 2.36. The van der Waals surface area contributed by atoms with E-state index in [1.807, 2.05) is 6.07 Å². The van der Waals surface area contributed by atoms with Crippen molar-refractivity contribution in [3.8, 4) is 0 Å². The second-order valence-corrected chi connectivity index (χ2v) is 5.99. The van der Waals surface area contributed by atoms with Gasteiger partial charge >= 0.3 is 0 Å². The van der Waals surface area contributed by atoms with Gasteiger partial charge < -0.3 is 10.2 Å². The van der Waals surface area contributed by atoms with Gasteiger partial charge in [0.1, 0.15) is 0 Å². The maximum atomic E-state index is 6.13. The lowest BCUT2D eigenvalue weighted by molar-refractivity contribution is 0.678. The average molecular weight is 281 g/mol. The summed E-state index contributed by atoms with van der Waals surface area (Å²) in [7, 11) is 2.18. The van der Waals surface area contributed by atoms with E-state index in [1.54, 1.807) is 0 Å². The van der Waals surface area contributed by atoms with Crippen LogP contribution in [-0.2, 0) is 6.54 Å². The Morgan fingerprint density at radius 3 is 2.79 bits per heavy atom. The van der Waals surface area contributed by atoms with Gasteiger partial charge in [-0.25, -0.2) is 0 Å². The monoisotopic (exact) mass is 280 g/mol. The molecule has 0 aromatic heterocycles. The van der Waals surface area contributed by atoms with E-state index < -0.39 is 0 Å². The van der Waals surface area contributed by atoms with Crippen LogP contribution in [0, 0.1) is 0 Å². The van der Waals surface area contributed by atoms with Gasteiger partial charge in [0.15, 0.2) is 0 Å². The van der Waals surface area contributed by atoms with Gasteiger partial charge in [0.05, 0.1) is 0 Å². The van der Waals surface area contributed by atoms with E-state index in [1.165, 1.54) is 43.4 Å². The number of benzene rings is 1. The molecule has 2 rings (SSSR count). The lowest BCUT2D eigenvalue weighted by Gasteiger charge is -2.23. The molecular formula is C16H25ClN2. The number of hydrogen-bond acceptors (Lipinski definition) is 2. The highest BCUT2D eigenvalue weighted by atomic mass is 35.5. The third-order valence-electron chi connectivity index (χ3n) is 3.71. The third-order valence-corrected chi connectivity index (χ3v) is 3.94. The summed E-state index contributed by atoms with van der Waals surface area (Å²) in [6.45, 7) is 4.29. The van der Waals surface area contributed by atoms with Crippen molar-refractivity contribution < 1.29 is 0 Å². The van der Waals surface area contributed by atoms with Gasteiger partial charge in [-0.15, -0.1) is 0 Å². The van der Waals surface area contributed by atoms with E-state index in [0.29, 0.717) is 0 Å². The molecule has 1 aromatic rings. The fourth-order valence-corrected chi connectivity index (χ4v) is 2.52. The molecule has 106 valence electrons. The molecule has 0 atom stereocenters. The molecule has 0 saturated heterocycles. The van der Waals surface area contributed by atoms with E-state index >= 15 is 0 Å². The summed E-state index contributed by atoms with van der Waals surface area (Å²) in [5.74, 6) is 0. The standard InChI is InChI=1S/C16H25ClN2/c1-3-4-5-10-19(2)16-9-6-14(17)11-13(16)12-18-15-7-8-15/h6,9,11,15,18H,3-5,7-8,10,12H2,1-2H3. The van der Waals surface area contributed by atoms with Crippen molar-refractivity contribution in [1.29, 1.82) is 0 Å². The Morgan fingerprint density at radius 2 is 2.11 bits per heavy atom. The second-order valence-electron chi connectivity index (χ2n) is 5.56. The van der Waals surface area contributed by atoms with Crippen LogP contribution in [0.4, 0.5) is 5.69 Å². The minimum Gasteiger partial charge on any atom is -0.374 e. The summed E-state index contributed by atoms with van der Waals surface area (Å²) in [6, 6.07) is 6.98. The van der Waals surface area contributed by atoms with Crippen molar-refractivity contribution in [2.45, 2.75) is 51.6 Å². The second kappa shape index (κ2) is 7.16. The lowest BCUT2D eigenvalue weighted by atomic mass is 10.1. The maximum absolute atomic E-state index is 6.13. The largest absolute Gasteiger partial charge is 0.374 e. The molecule has 19 heavy (non-hydrogen) atoms. The summed E-state index contributed by atoms with van der Waals surface area (Å²) in [5, 5.41) is 4.41. The first-order chi connectivity index (χ1) is 9.20. The van der Waals surface area contributed by atoms with Crippen LogP contribution in [0.25, 0.3) is 0 Å². The molecule has 0 radical (unpaired) electrons. The van der Waals surface area contributed by atoms with Crippen LogP contribution < -0.4 is 10.2 Å². The molecule has 1 saturated carbocycles. The Bertz CT molecular complexity index is 402. The summed E-state index contributed by atoms with van der Waals surface area (Å²) in [6.07, 6.45) is 6.47. The van der Waals surface area contributed by atoms with Crippen LogP contribution in [0.15, 0.2) is 18.2 Å². The molecule has 3 heteroatoms. The molecule has 1 N–H and O–H groups in total. The van der Waals surface area contributed by atoms with Crippen LogP contribution in [0.5, 0.6) is 0 Å². The van der Waals surface area contributed by atoms with E-state index in [0.717, 1.165) is 24.2 Å². The molecule has 0 bridgehead atoms. The number of rotatable bonds is 8. The van der Waals surface area contributed by atoms with Gasteiger partial charge in [0, 0.05) is 36.9 Å². The topological polar surface area (TPSA) is 15.3 Å². The highest BCUT2D eigenvalue weighted by Crippen LogP contribution is 2.26. The fourth-order valence-electron chi connectivity index (χ4n) is 2.33. The van der Waals surface area contributed by atoms with Crippen LogP contribution in [-0.4, -0.2) is 19.6 Å². The highest BCUT2D eigenvalue weighted by molar-refractivity contribution is 6.30. The zero-order chi connectivity index (χ0) is 13.7. The summed E-state index contributed by atoms with van der Waals surface area (Å²) in [5.41, 5.74) is 2.63. The maximum Gasteiger partial charge on any atom is 0.0410 e. The Morgan fingerprint density at radius 1 is 1.32 bits per heavy atom. The third kappa shape index (κ3) is 4.70. The molecule has 0 unspecified atom stereocenters. The van der Waals surface area contributed by atoms with Crippen LogP contribution in [0.3, 0.4) is 0 Å². The van der Waals surface area contributed by atoms with Crippen molar-refractivity contribution in [2.75, 3.05) is 18.5 Å². The van der Waals surface area contributed by atoms with Crippen LogP contribution in [0.1, 0.15) is 44.6 Å². The van der Waals surface area contributed by atoms with Gasteiger partial charge in [0.2, 0.25) is 0 Å². The van der Waals surface area contributed by atoms with Gasteiger partial charge in [-0.05, 0) is 43.0 Å². The predicted molar refractivity (Wildman–Crippen MR) is 84.1 cm³/mol. The van der Waals surface area contributed by atoms with E-state index in [9.17, 15) is 0 Å². The van der Waals surface area contributed by atoms with Crippen molar-refractivity contribution in [2.24, 2.45) is 0 Å². The molecule has 0 aliphatic heterocycles. The summed E-state index contributed by atoms with van der Waals surface area (Å²) >= 11 is 6.13. The number of nitrogens with zero attached hydrogens (tertiary/aromatic N) is 1. The molecule has 2 nitrogen and oxygen atoms in total. The Labute approximate surface area is 122 Å². The molecule has 0 spiro atoms. The minimum atomic E-state index is 0.734. The van der Waals surface area contributed by atoms with Crippen molar-refractivity contribution >= 4 is 17.3 Å². The van der Waals surface area contributed by atoms with E-state index in [4.69, 9.17) is 11.6 Å². The predicted octanol–water partition coefficient (Wildman–Crippen LogP) is 4.22. The minimum absolute atomic E-state index is 0.734. The number of unbranched alkanes of at least 4 members (excludes halogenated alkanes) is 2. The van der Waals surface area contributed by atoms with Crippen LogP contribution in [0.2, 0.25) is 5.02 Å². The first kappa shape index (κ1) is 14.7. The fraction of sp³-hybridized carbons (Fsp3) is 0.625. The summed E-state index contributed by atoms with van der Waals surface area (Å²) < 4.78 is 0. The lowest BCUT2D eigenvalue weighted by Crippen LogP contribution is -2.22. The molecule has 1 aliphatic rings. The highest BCUT2D eigenvalue weighted by Gasteiger charge is 2.20. The smallest absolute Gasteiger partial charge is 0.0410 e. The molecule has 0 heterocycles. The van der Waals surface area contributed by atoms with Crippen molar-refractivity contribution in [1.82, 2.24) is 5.32 Å². The Balaban J connectivity index is 1.99. The average Bonchev–Trinajstić information content (AvgIpc) is 3.20. The quantitative estimate of drug-likeness (QED) is 0.717. The Kier molecular flexibility index (Phi) is 5.53. The zero-order valence-electron chi connectivity index (χ0n) is 12.1. The van der Waals surface area contributed by atoms with Crippen molar-refractivity contribution in [3.05, 3.63) is 28.8 Å². The number of nitrogens with one attached hydrogen (secondary N) is 1. The van der Waals surface area contributed by atoms with Gasteiger partial charge in [-0.3, -0.25) is 0 Å². The first-order valence-electron chi connectivity index (χ1n) is 7.43. The van der Waals surface area contributed by atoms with E-state index in [-0.39, 0.29) is 0 Å².